The van der Waals surface area contributed by atoms with Gasteiger partial charge >= 0.3 is 0 Å². The van der Waals surface area contributed by atoms with Crippen LogP contribution in [0.15, 0.2) is 30.7 Å². The van der Waals surface area contributed by atoms with Crippen LogP contribution in [0, 0.1) is 11.7 Å². The van der Waals surface area contributed by atoms with E-state index in [2.05, 4.69) is 29.5 Å². The molecule has 3 rings (SSSR count). The Morgan fingerprint density at radius 2 is 2.28 bits per heavy atom. The number of imidazole rings is 1. The van der Waals surface area contributed by atoms with Crippen LogP contribution < -0.4 is 10.6 Å². The Bertz CT molecular complexity index is 800. The third-order valence-electron chi connectivity index (χ3n) is 4.17. The highest BCUT2D eigenvalue weighted by Gasteiger charge is 2.31. The smallest absolute Gasteiger partial charge is 0.228 e. The topological polar surface area (TPSA) is 76.0 Å². The lowest BCUT2D eigenvalue weighted by atomic mass is 9.89. The molecule has 7 heteroatoms. The van der Waals surface area contributed by atoms with E-state index in [1.54, 1.807) is 12.5 Å². The fraction of sp³-hybridized carbons (Fsp3) is 0.389. The van der Waals surface area contributed by atoms with Gasteiger partial charge in [-0.15, -0.1) is 0 Å². The Balaban J connectivity index is 1.73. The SMILES string of the molecule is CC(C)Cn1cncc1CNC(=O)[C@@H]1CC(=O)Nc2ccc(F)cc21. The van der Waals surface area contributed by atoms with E-state index >= 15 is 0 Å². The maximum atomic E-state index is 13.6. The summed E-state index contributed by atoms with van der Waals surface area (Å²) in [6.07, 6.45) is 3.46. The number of halogens is 1. The minimum Gasteiger partial charge on any atom is -0.350 e. The van der Waals surface area contributed by atoms with E-state index in [1.165, 1.54) is 18.2 Å². The maximum Gasteiger partial charge on any atom is 0.228 e. The van der Waals surface area contributed by atoms with Gasteiger partial charge in [0.05, 0.1) is 24.5 Å². The number of aromatic nitrogens is 2. The highest BCUT2D eigenvalue weighted by atomic mass is 19.1. The predicted molar refractivity (Wildman–Crippen MR) is 91.3 cm³/mol. The average molecular weight is 344 g/mol. The van der Waals surface area contributed by atoms with E-state index in [0.717, 1.165) is 12.2 Å². The summed E-state index contributed by atoms with van der Waals surface area (Å²) in [6, 6.07) is 4.06. The summed E-state index contributed by atoms with van der Waals surface area (Å²) in [5.41, 5.74) is 1.89. The average Bonchev–Trinajstić information content (AvgIpc) is 2.98. The molecule has 1 aromatic heterocycles. The number of nitrogens with one attached hydrogen (secondary N) is 2. The predicted octanol–water partition coefficient (Wildman–Crippen LogP) is 2.42. The molecule has 1 aliphatic heterocycles. The van der Waals surface area contributed by atoms with Gasteiger partial charge in [-0.3, -0.25) is 9.59 Å². The number of amides is 2. The van der Waals surface area contributed by atoms with Crippen LogP contribution in [-0.2, 0) is 22.7 Å². The van der Waals surface area contributed by atoms with Crippen molar-refractivity contribution in [2.45, 2.75) is 39.3 Å². The first-order chi connectivity index (χ1) is 11.9. The van der Waals surface area contributed by atoms with Gasteiger partial charge in [0.25, 0.3) is 0 Å². The van der Waals surface area contributed by atoms with Crippen LogP contribution in [-0.4, -0.2) is 21.4 Å². The number of benzene rings is 1. The second kappa shape index (κ2) is 7.04. The molecule has 0 aliphatic carbocycles. The number of fused-ring (bicyclic) bond motifs is 1. The fourth-order valence-electron chi connectivity index (χ4n) is 3.02. The monoisotopic (exact) mass is 344 g/mol. The van der Waals surface area contributed by atoms with Crippen molar-refractivity contribution in [1.82, 2.24) is 14.9 Å². The van der Waals surface area contributed by atoms with Crippen LogP contribution in [0.4, 0.5) is 10.1 Å². The molecule has 0 unspecified atom stereocenters. The number of nitrogens with zero attached hydrogens (tertiary/aromatic N) is 2. The van der Waals surface area contributed by atoms with Crippen molar-refractivity contribution in [3.63, 3.8) is 0 Å². The zero-order chi connectivity index (χ0) is 18.0. The summed E-state index contributed by atoms with van der Waals surface area (Å²) in [6.45, 7) is 5.34. The van der Waals surface area contributed by atoms with Gasteiger partial charge in [-0.05, 0) is 29.7 Å². The zero-order valence-corrected chi connectivity index (χ0v) is 14.3. The second-order valence-electron chi connectivity index (χ2n) is 6.69. The van der Waals surface area contributed by atoms with Crippen molar-refractivity contribution >= 4 is 17.5 Å². The van der Waals surface area contributed by atoms with Crippen molar-refractivity contribution in [2.24, 2.45) is 5.92 Å². The van der Waals surface area contributed by atoms with E-state index in [-0.39, 0.29) is 18.2 Å². The van der Waals surface area contributed by atoms with Gasteiger partial charge in [0, 0.05) is 24.8 Å². The molecule has 132 valence electrons. The molecule has 0 saturated carbocycles. The molecule has 0 saturated heterocycles. The molecule has 2 amide bonds. The van der Waals surface area contributed by atoms with Crippen molar-refractivity contribution in [1.29, 1.82) is 0 Å². The number of rotatable bonds is 5. The highest BCUT2D eigenvalue weighted by molar-refractivity contribution is 6.01. The highest BCUT2D eigenvalue weighted by Crippen LogP contribution is 2.32. The minimum atomic E-state index is -0.694. The number of carbonyl (C=O) groups excluding carboxylic acids is 2. The number of carbonyl (C=O) groups is 2. The zero-order valence-electron chi connectivity index (χ0n) is 14.3. The summed E-state index contributed by atoms with van der Waals surface area (Å²) in [4.78, 5) is 28.6. The molecule has 0 radical (unpaired) electrons. The van der Waals surface area contributed by atoms with Crippen molar-refractivity contribution in [3.8, 4) is 0 Å². The number of hydrogen-bond donors (Lipinski definition) is 2. The Morgan fingerprint density at radius 3 is 3.04 bits per heavy atom. The van der Waals surface area contributed by atoms with Crippen LogP contribution in [0.2, 0.25) is 0 Å². The van der Waals surface area contributed by atoms with Gasteiger partial charge in [-0.2, -0.15) is 0 Å². The molecule has 6 nitrogen and oxygen atoms in total. The quantitative estimate of drug-likeness (QED) is 0.875. The summed E-state index contributed by atoms with van der Waals surface area (Å²) >= 11 is 0. The molecular weight excluding hydrogens is 323 g/mol. The number of hydrogen-bond acceptors (Lipinski definition) is 3. The Kier molecular flexibility index (Phi) is 4.83. The molecule has 1 aliphatic rings. The normalized spacial score (nSPS) is 16.5. The Morgan fingerprint density at radius 1 is 1.48 bits per heavy atom. The molecule has 0 bridgehead atoms. The van der Waals surface area contributed by atoms with Gasteiger partial charge in [0.2, 0.25) is 11.8 Å². The van der Waals surface area contributed by atoms with E-state index in [1.807, 2.05) is 4.57 Å². The standard InChI is InChI=1S/C18H21FN4O2/c1-11(2)9-23-10-20-7-13(23)8-21-18(25)15-6-17(24)22-16-4-3-12(19)5-14(15)16/h3-5,7,10-11,15H,6,8-9H2,1-2H3,(H,21,25)(H,22,24)/t15-/m1/s1. The van der Waals surface area contributed by atoms with Crippen molar-refractivity contribution in [3.05, 3.63) is 47.8 Å². The molecule has 2 N–H and O–H groups in total. The lowest BCUT2D eigenvalue weighted by molar-refractivity contribution is -0.126. The number of anilines is 1. The largest absolute Gasteiger partial charge is 0.350 e. The van der Waals surface area contributed by atoms with Gasteiger partial charge in [-0.1, -0.05) is 13.8 Å². The summed E-state index contributed by atoms with van der Waals surface area (Å²) in [5.74, 6) is -1.20. The van der Waals surface area contributed by atoms with Crippen molar-refractivity contribution in [2.75, 3.05) is 5.32 Å². The molecule has 2 heterocycles. The van der Waals surface area contributed by atoms with Crippen molar-refractivity contribution < 1.29 is 14.0 Å². The summed E-state index contributed by atoms with van der Waals surface area (Å²) in [7, 11) is 0. The lowest BCUT2D eigenvalue weighted by Gasteiger charge is -2.25. The molecule has 0 fully saturated rings. The first-order valence-electron chi connectivity index (χ1n) is 8.30. The van der Waals surface area contributed by atoms with E-state index in [0.29, 0.717) is 23.7 Å². The first-order valence-corrected chi connectivity index (χ1v) is 8.30. The molecule has 1 atom stereocenters. The van der Waals surface area contributed by atoms with Crippen LogP contribution in [0.1, 0.15) is 37.4 Å². The van der Waals surface area contributed by atoms with Gasteiger partial charge in [-0.25, -0.2) is 9.37 Å². The van der Waals surface area contributed by atoms with Gasteiger partial charge < -0.3 is 15.2 Å². The van der Waals surface area contributed by atoms with Gasteiger partial charge in [0.1, 0.15) is 5.82 Å². The molecule has 1 aromatic carbocycles. The minimum absolute atomic E-state index is 0.00748. The Hall–Kier alpha value is -2.70. The lowest BCUT2D eigenvalue weighted by Crippen LogP contribution is -2.35. The maximum absolute atomic E-state index is 13.6. The molecular formula is C18H21FN4O2. The second-order valence-corrected chi connectivity index (χ2v) is 6.69. The van der Waals surface area contributed by atoms with Gasteiger partial charge in [0.15, 0.2) is 0 Å². The molecule has 2 aromatic rings. The van der Waals surface area contributed by atoms with E-state index < -0.39 is 11.7 Å². The molecule has 0 spiro atoms. The summed E-state index contributed by atoms with van der Waals surface area (Å²) < 4.78 is 15.5. The van der Waals surface area contributed by atoms with Crippen LogP contribution in [0.5, 0.6) is 0 Å². The van der Waals surface area contributed by atoms with Crippen LogP contribution >= 0.6 is 0 Å². The summed E-state index contributed by atoms with van der Waals surface area (Å²) in [5, 5.41) is 5.52. The first kappa shape index (κ1) is 17.1. The third-order valence-corrected chi connectivity index (χ3v) is 4.17. The van der Waals surface area contributed by atoms with E-state index in [9.17, 15) is 14.0 Å². The van der Waals surface area contributed by atoms with E-state index in [4.69, 9.17) is 0 Å². The third kappa shape index (κ3) is 3.87. The molecule has 25 heavy (non-hydrogen) atoms. The van der Waals surface area contributed by atoms with Crippen LogP contribution in [0.25, 0.3) is 0 Å². The van der Waals surface area contributed by atoms with Crippen LogP contribution in [0.3, 0.4) is 0 Å². The fourth-order valence-corrected chi connectivity index (χ4v) is 3.02. The Labute approximate surface area is 145 Å².